The molecule has 2 aliphatic heterocycles. The monoisotopic (exact) mass is 780 g/mol. The fourth-order valence-corrected chi connectivity index (χ4v) is 10.3. The molecule has 0 amide bonds. The lowest BCUT2D eigenvalue weighted by molar-refractivity contribution is 0.977. The number of hydrogen-bond donors (Lipinski definition) is 0. The molecule has 10 aromatic carbocycles. The molecular weight excluding hydrogens is 737 g/mol. The predicted octanol–water partition coefficient (Wildman–Crippen LogP) is 15.9. The molecule has 0 aliphatic carbocycles. The first-order valence-corrected chi connectivity index (χ1v) is 21.7. The normalized spacial score (nSPS) is 13.3. The SMILES string of the molecule is Cc1ccc(-c2c3ccc(N4c5ccccc5CCc5ccccc54)cc3c(-c3ccc4ccccc4c3)c3ccc(N4c5ccccc5CCc5ccccc54)cc23)cc1. The van der Waals surface area contributed by atoms with E-state index in [4.69, 9.17) is 0 Å². The van der Waals surface area contributed by atoms with Gasteiger partial charge in [-0.1, -0.05) is 151 Å². The molecule has 0 saturated heterocycles. The molecule has 0 spiro atoms. The molecule has 12 rings (SSSR count). The fraction of sp³-hybridized carbons (Fsp3) is 0.0847. The maximum absolute atomic E-state index is 2.51. The van der Waals surface area contributed by atoms with E-state index in [1.54, 1.807) is 0 Å². The van der Waals surface area contributed by atoms with Crippen LogP contribution in [-0.2, 0) is 25.7 Å². The number of anilines is 6. The number of para-hydroxylation sites is 4. The zero-order valence-electron chi connectivity index (χ0n) is 34.3. The van der Waals surface area contributed by atoms with E-state index < -0.39 is 0 Å². The van der Waals surface area contributed by atoms with Crippen LogP contribution in [-0.4, -0.2) is 0 Å². The van der Waals surface area contributed by atoms with Gasteiger partial charge in [0.25, 0.3) is 0 Å². The van der Waals surface area contributed by atoms with Gasteiger partial charge in [0.1, 0.15) is 0 Å². The number of fused-ring (bicyclic) bond motifs is 7. The van der Waals surface area contributed by atoms with E-state index in [2.05, 4.69) is 217 Å². The summed E-state index contributed by atoms with van der Waals surface area (Å²) in [4.78, 5) is 5.02. The third-order valence-corrected chi connectivity index (χ3v) is 13.2. The van der Waals surface area contributed by atoms with Crippen LogP contribution in [0.5, 0.6) is 0 Å². The molecular formula is C59H44N2. The molecule has 2 nitrogen and oxygen atoms in total. The summed E-state index contributed by atoms with van der Waals surface area (Å²) in [5.41, 5.74) is 19.0. The summed E-state index contributed by atoms with van der Waals surface area (Å²) in [7, 11) is 0. The van der Waals surface area contributed by atoms with Crippen molar-refractivity contribution in [3.05, 3.63) is 228 Å². The fourth-order valence-electron chi connectivity index (χ4n) is 10.3. The van der Waals surface area contributed by atoms with Crippen molar-refractivity contribution in [3.8, 4) is 22.3 Å². The molecule has 290 valence electrons. The third-order valence-electron chi connectivity index (χ3n) is 13.2. The zero-order chi connectivity index (χ0) is 40.4. The highest BCUT2D eigenvalue weighted by Crippen LogP contribution is 2.50. The van der Waals surface area contributed by atoms with Gasteiger partial charge in [-0.3, -0.25) is 0 Å². The minimum Gasteiger partial charge on any atom is -0.310 e. The van der Waals surface area contributed by atoms with Gasteiger partial charge in [-0.2, -0.15) is 0 Å². The molecule has 0 aromatic heterocycles. The molecule has 2 heterocycles. The van der Waals surface area contributed by atoms with Crippen LogP contribution in [0.3, 0.4) is 0 Å². The quantitative estimate of drug-likeness (QED) is 0.164. The Morgan fingerprint density at radius 3 is 1.18 bits per heavy atom. The summed E-state index contributed by atoms with van der Waals surface area (Å²) >= 11 is 0. The Morgan fingerprint density at radius 1 is 0.311 bits per heavy atom. The standard InChI is InChI=1S/C59H44N2/c1-39-22-24-45(25-23-39)58-50-34-32-49(61-56-20-10-6-15-43(56)29-30-44-16-7-11-21-57(44)61)38-53(50)59(47-31-26-40-12-2-3-17-46(40)36-47)51-35-33-48(37-52(51)58)60-54-18-8-4-13-41(54)27-28-42-14-5-9-19-55(42)60/h2-26,31-38H,27-30H2,1H3. The van der Waals surface area contributed by atoms with Crippen LogP contribution in [0.25, 0.3) is 54.6 Å². The molecule has 0 radical (unpaired) electrons. The minimum absolute atomic E-state index is 1.01. The molecule has 2 aliphatic rings. The van der Waals surface area contributed by atoms with Gasteiger partial charge in [-0.25, -0.2) is 0 Å². The van der Waals surface area contributed by atoms with E-state index >= 15 is 0 Å². The van der Waals surface area contributed by atoms with Gasteiger partial charge in [0, 0.05) is 34.1 Å². The highest BCUT2D eigenvalue weighted by molar-refractivity contribution is 6.23. The summed E-state index contributed by atoms with van der Waals surface area (Å²) in [5.74, 6) is 0. The van der Waals surface area contributed by atoms with Gasteiger partial charge in [0.05, 0.1) is 0 Å². The first kappa shape index (κ1) is 35.5. The first-order valence-electron chi connectivity index (χ1n) is 21.7. The summed E-state index contributed by atoms with van der Waals surface area (Å²) in [5, 5.41) is 7.46. The van der Waals surface area contributed by atoms with Crippen LogP contribution in [0.15, 0.2) is 200 Å². The van der Waals surface area contributed by atoms with Crippen LogP contribution in [0.1, 0.15) is 27.8 Å². The van der Waals surface area contributed by atoms with Crippen molar-refractivity contribution in [2.45, 2.75) is 32.6 Å². The molecule has 0 unspecified atom stereocenters. The predicted molar refractivity (Wildman–Crippen MR) is 259 cm³/mol. The molecule has 2 heteroatoms. The van der Waals surface area contributed by atoms with Crippen molar-refractivity contribution in [1.82, 2.24) is 0 Å². The molecule has 10 aromatic rings. The zero-order valence-corrected chi connectivity index (χ0v) is 34.3. The number of hydrogen-bond acceptors (Lipinski definition) is 2. The number of rotatable bonds is 4. The lowest BCUT2D eigenvalue weighted by Gasteiger charge is -2.29. The molecule has 0 fully saturated rings. The van der Waals surface area contributed by atoms with Crippen LogP contribution in [0.2, 0.25) is 0 Å². The summed E-state index contributed by atoms with van der Waals surface area (Å²) < 4.78 is 0. The smallest absolute Gasteiger partial charge is 0.0493 e. The second kappa shape index (κ2) is 14.4. The minimum atomic E-state index is 1.01. The van der Waals surface area contributed by atoms with Crippen LogP contribution in [0, 0.1) is 6.92 Å². The van der Waals surface area contributed by atoms with Crippen LogP contribution >= 0.6 is 0 Å². The summed E-state index contributed by atoms with van der Waals surface area (Å²) in [6.45, 7) is 2.18. The second-order valence-electron chi connectivity index (χ2n) is 16.8. The lowest BCUT2D eigenvalue weighted by atomic mass is 9.84. The lowest BCUT2D eigenvalue weighted by Crippen LogP contribution is -2.12. The van der Waals surface area contributed by atoms with E-state index in [9.17, 15) is 0 Å². The van der Waals surface area contributed by atoms with Crippen molar-refractivity contribution in [3.63, 3.8) is 0 Å². The number of aryl methyl sites for hydroxylation is 5. The first-order chi connectivity index (χ1) is 30.2. The van der Waals surface area contributed by atoms with Crippen molar-refractivity contribution in [2.24, 2.45) is 0 Å². The number of nitrogens with zero attached hydrogens (tertiary/aromatic N) is 2. The Kier molecular flexibility index (Phi) is 8.38. The Labute approximate surface area is 357 Å². The van der Waals surface area contributed by atoms with E-state index in [-0.39, 0.29) is 0 Å². The van der Waals surface area contributed by atoms with Gasteiger partial charge in [-0.05, 0) is 164 Å². The van der Waals surface area contributed by atoms with Gasteiger partial charge < -0.3 is 9.80 Å². The molecule has 0 atom stereocenters. The molecule has 0 N–H and O–H groups in total. The van der Waals surface area contributed by atoms with Crippen molar-refractivity contribution < 1.29 is 0 Å². The maximum atomic E-state index is 2.51. The Balaban J connectivity index is 1.19. The van der Waals surface area contributed by atoms with Crippen molar-refractivity contribution >= 4 is 66.4 Å². The van der Waals surface area contributed by atoms with E-state index in [0.29, 0.717) is 0 Å². The molecule has 0 bridgehead atoms. The molecule has 0 saturated carbocycles. The Morgan fingerprint density at radius 2 is 0.705 bits per heavy atom. The topological polar surface area (TPSA) is 6.48 Å². The highest BCUT2D eigenvalue weighted by Gasteiger charge is 2.26. The summed E-state index contributed by atoms with van der Waals surface area (Å²) in [6, 6.07) is 75.3. The van der Waals surface area contributed by atoms with Gasteiger partial charge in [0.2, 0.25) is 0 Å². The highest BCUT2D eigenvalue weighted by atomic mass is 15.2. The van der Waals surface area contributed by atoms with Crippen LogP contribution < -0.4 is 9.80 Å². The van der Waals surface area contributed by atoms with Gasteiger partial charge >= 0.3 is 0 Å². The van der Waals surface area contributed by atoms with Crippen LogP contribution in [0.4, 0.5) is 34.1 Å². The number of benzene rings is 10. The van der Waals surface area contributed by atoms with E-state index in [1.807, 2.05) is 0 Å². The van der Waals surface area contributed by atoms with Gasteiger partial charge in [-0.15, -0.1) is 0 Å². The van der Waals surface area contributed by atoms with Crippen molar-refractivity contribution in [1.29, 1.82) is 0 Å². The largest absolute Gasteiger partial charge is 0.310 e. The third kappa shape index (κ3) is 5.93. The molecule has 61 heavy (non-hydrogen) atoms. The maximum Gasteiger partial charge on any atom is 0.0493 e. The average molecular weight is 781 g/mol. The van der Waals surface area contributed by atoms with Gasteiger partial charge in [0.15, 0.2) is 0 Å². The average Bonchev–Trinajstić information content (AvgIpc) is 3.59. The van der Waals surface area contributed by atoms with E-state index in [0.717, 1.165) is 25.7 Å². The Bertz CT molecular complexity index is 3240. The Hall–Kier alpha value is -7.42. The summed E-state index contributed by atoms with van der Waals surface area (Å²) in [6.07, 6.45) is 4.04. The second-order valence-corrected chi connectivity index (χ2v) is 16.8. The van der Waals surface area contributed by atoms with E-state index in [1.165, 1.54) is 117 Å². The van der Waals surface area contributed by atoms with Crippen molar-refractivity contribution in [2.75, 3.05) is 9.80 Å².